The van der Waals surface area contributed by atoms with E-state index in [0.29, 0.717) is 17.7 Å². The molecule has 3 atom stereocenters. The number of benzene rings is 1. The maximum atomic E-state index is 13.0. The molecule has 0 radical (unpaired) electrons. The number of hydrogen-bond acceptors (Lipinski definition) is 3. The Bertz CT molecular complexity index is 784. The number of carbonyl (C=O) groups excluding carboxylic acids is 1. The number of nitrogens with one attached hydrogen (secondary N) is 1. The lowest BCUT2D eigenvalue weighted by molar-refractivity contribution is 0.0738. The first-order valence-electron chi connectivity index (χ1n) is 9.76. The molecule has 27 heavy (non-hydrogen) atoms. The normalized spacial score (nSPS) is 25.3. The van der Waals surface area contributed by atoms with Gasteiger partial charge in [0.2, 0.25) is 0 Å². The molecular formula is C21H29ClN4O. The van der Waals surface area contributed by atoms with Crippen LogP contribution in [0.1, 0.15) is 59.8 Å². The van der Waals surface area contributed by atoms with Crippen molar-refractivity contribution in [2.75, 3.05) is 19.6 Å². The Hall–Kier alpha value is -1.85. The van der Waals surface area contributed by atoms with E-state index in [1.807, 2.05) is 21.8 Å². The lowest BCUT2D eigenvalue weighted by Gasteiger charge is -2.23. The first-order valence-corrected chi connectivity index (χ1v) is 9.76. The van der Waals surface area contributed by atoms with Gasteiger partial charge in [-0.15, -0.1) is 12.4 Å². The second-order valence-corrected chi connectivity index (χ2v) is 7.78. The molecule has 1 amide bonds. The molecule has 3 unspecified atom stereocenters. The Morgan fingerprint density at radius 1 is 1.26 bits per heavy atom. The predicted octanol–water partition coefficient (Wildman–Crippen LogP) is 3.56. The molecule has 0 aliphatic carbocycles. The van der Waals surface area contributed by atoms with Gasteiger partial charge in [-0.3, -0.25) is 9.48 Å². The summed E-state index contributed by atoms with van der Waals surface area (Å²) in [4.78, 5) is 15.1. The minimum absolute atomic E-state index is 0. The highest BCUT2D eigenvalue weighted by atomic mass is 35.5. The van der Waals surface area contributed by atoms with Crippen molar-refractivity contribution in [3.05, 3.63) is 53.3 Å². The summed E-state index contributed by atoms with van der Waals surface area (Å²) in [6, 6.07) is 11.0. The fourth-order valence-electron chi connectivity index (χ4n) is 4.45. The van der Waals surface area contributed by atoms with Gasteiger partial charge < -0.3 is 10.2 Å². The summed E-state index contributed by atoms with van der Waals surface area (Å²) in [6.45, 7) is 7.10. The van der Waals surface area contributed by atoms with Crippen LogP contribution >= 0.6 is 12.4 Å². The number of likely N-dealkylation sites (tertiary alicyclic amines) is 1. The summed E-state index contributed by atoms with van der Waals surface area (Å²) in [6.07, 6.45) is 5.27. The van der Waals surface area contributed by atoms with E-state index in [2.05, 4.69) is 48.5 Å². The molecule has 0 saturated carbocycles. The topological polar surface area (TPSA) is 50.2 Å². The first kappa shape index (κ1) is 19.9. The Kier molecular flexibility index (Phi) is 6.22. The van der Waals surface area contributed by atoms with Gasteiger partial charge >= 0.3 is 0 Å². The number of carbonyl (C=O) groups is 1. The smallest absolute Gasteiger partial charge is 0.274 e. The van der Waals surface area contributed by atoms with Gasteiger partial charge in [-0.1, -0.05) is 24.3 Å². The van der Waals surface area contributed by atoms with E-state index in [0.717, 1.165) is 38.9 Å². The number of nitrogens with zero attached hydrogens (tertiary/aromatic N) is 3. The Morgan fingerprint density at radius 2 is 2.07 bits per heavy atom. The lowest BCUT2D eigenvalue weighted by Crippen LogP contribution is -2.35. The van der Waals surface area contributed by atoms with Crippen LogP contribution in [-0.4, -0.2) is 46.3 Å². The molecule has 2 fully saturated rings. The summed E-state index contributed by atoms with van der Waals surface area (Å²) in [5.41, 5.74) is 3.26. The van der Waals surface area contributed by atoms with Crippen molar-refractivity contribution in [2.24, 2.45) is 0 Å². The van der Waals surface area contributed by atoms with Crippen molar-refractivity contribution in [2.45, 2.75) is 51.1 Å². The molecule has 0 bridgehead atoms. The fraction of sp³-hybridized carbons (Fsp3) is 0.524. The first-order chi connectivity index (χ1) is 12.6. The largest absolute Gasteiger partial charge is 0.334 e. The summed E-state index contributed by atoms with van der Waals surface area (Å²) >= 11 is 0. The van der Waals surface area contributed by atoms with Gasteiger partial charge in [0.1, 0.15) is 5.69 Å². The number of aryl methyl sites for hydroxylation is 1. The maximum absolute atomic E-state index is 13.0. The number of aromatic nitrogens is 2. The highest BCUT2D eigenvalue weighted by molar-refractivity contribution is 5.92. The number of piperidine rings is 1. The molecular weight excluding hydrogens is 360 g/mol. The minimum Gasteiger partial charge on any atom is -0.334 e. The molecule has 2 aromatic rings. The third kappa shape index (κ3) is 4.04. The monoisotopic (exact) mass is 388 g/mol. The maximum Gasteiger partial charge on any atom is 0.274 e. The van der Waals surface area contributed by atoms with Crippen molar-refractivity contribution in [1.29, 1.82) is 0 Å². The molecule has 1 aromatic carbocycles. The molecule has 0 spiro atoms. The number of rotatable bonds is 3. The average Bonchev–Trinajstić information content (AvgIpc) is 3.29. The Labute approximate surface area is 167 Å². The average molecular weight is 389 g/mol. The van der Waals surface area contributed by atoms with Gasteiger partial charge in [0, 0.05) is 31.2 Å². The number of halogens is 1. The second kappa shape index (κ2) is 8.44. The van der Waals surface area contributed by atoms with Crippen LogP contribution in [0.2, 0.25) is 0 Å². The Balaban J connectivity index is 0.00000210. The van der Waals surface area contributed by atoms with Crippen LogP contribution in [0.5, 0.6) is 0 Å². The van der Waals surface area contributed by atoms with Gasteiger partial charge in [0.05, 0.1) is 6.04 Å². The van der Waals surface area contributed by atoms with E-state index >= 15 is 0 Å². The minimum atomic E-state index is 0. The molecule has 1 N–H and O–H groups in total. The van der Waals surface area contributed by atoms with E-state index in [-0.39, 0.29) is 24.4 Å². The van der Waals surface area contributed by atoms with Crippen molar-refractivity contribution in [3.8, 4) is 0 Å². The van der Waals surface area contributed by atoms with Crippen molar-refractivity contribution >= 4 is 18.3 Å². The van der Waals surface area contributed by atoms with Crippen molar-refractivity contribution in [3.63, 3.8) is 0 Å². The SMILES string of the molecule is Cc1ccccc1C1CC(C)N(C(=O)c2ccn(C3CCCNC3)n2)C1.Cl. The molecule has 2 aliphatic heterocycles. The summed E-state index contributed by atoms with van der Waals surface area (Å²) in [5.74, 6) is 0.482. The predicted molar refractivity (Wildman–Crippen MR) is 110 cm³/mol. The van der Waals surface area contributed by atoms with Gasteiger partial charge in [0.25, 0.3) is 5.91 Å². The Morgan fingerprint density at radius 3 is 2.81 bits per heavy atom. The van der Waals surface area contributed by atoms with Crippen molar-refractivity contribution < 1.29 is 4.79 Å². The third-order valence-electron chi connectivity index (χ3n) is 5.94. The second-order valence-electron chi connectivity index (χ2n) is 7.78. The molecule has 4 rings (SSSR count). The number of hydrogen-bond donors (Lipinski definition) is 1. The molecule has 146 valence electrons. The molecule has 3 heterocycles. The zero-order chi connectivity index (χ0) is 18.1. The lowest BCUT2D eigenvalue weighted by atomic mass is 9.93. The van der Waals surface area contributed by atoms with Crippen LogP contribution in [-0.2, 0) is 0 Å². The molecule has 2 aliphatic rings. The highest BCUT2D eigenvalue weighted by Gasteiger charge is 2.35. The van der Waals surface area contributed by atoms with Crippen LogP contribution in [0.25, 0.3) is 0 Å². The van der Waals surface area contributed by atoms with Crippen LogP contribution in [0.4, 0.5) is 0 Å². The summed E-state index contributed by atoms with van der Waals surface area (Å²) < 4.78 is 1.97. The van der Waals surface area contributed by atoms with Gasteiger partial charge in [-0.05, 0) is 56.8 Å². The van der Waals surface area contributed by atoms with Crippen LogP contribution in [0, 0.1) is 6.92 Å². The quantitative estimate of drug-likeness (QED) is 0.874. The molecule has 1 aromatic heterocycles. The van der Waals surface area contributed by atoms with E-state index < -0.39 is 0 Å². The zero-order valence-electron chi connectivity index (χ0n) is 16.1. The van der Waals surface area contributed by atoms with E-state index in [9.17, 15) is 4.79 Å². The summed E-state index contributed by atoms with van der Waals surface area (Å²) in [5, 5.41) is 8.02. The number of amides is 1. The van der Waals surface area contributed by atoms with E-state index in [1.54, 1.807) is 0 Å². The summed E-state index contributed by atoms with van der Waals surface area (Å²) in [7, 11) is 0. The molecule has 2 saturated heterocycles. The van der Waals surface area contributed by atoms with Gasteiger partial charge in [-0.25, -0.2) is 0 Å². The molecule has 6 heteroatoms. The standard InChI is InChI=1S/C21H28N4O.ClH/c1-15-6-3-4-8-19(15)17-12-16(2)24(14-17)21(26)20-9-11-25(23-20)18-7-5-10-22-13-18;/h3-4,6,8-9,11,16-18,22H,5,7,10,12-14H2,1-2H3;1H. The van der Waals surface area contributed by atoms with E-state index in [1.165, 1.54) is 11.1 Å². The van der Waals surface area contributed by atoms with Crippen molar-refractivity contribution in [1.82, 2.24) is 20.0 Å². The highest BCUT2D eigenvalue weighted by Crippen LogP contribution is 2.34. The van der Waals surface area contributed by atoms with E-state index in [4.69, 9.17) is 0 Å². The van der Waals surface area contributed by atoms with Gasteiger partial charge in [0.15, 0.2) is 0 Å². The van der Waals surface area contributed by atoms with Crippen LogP contribution in [0.3, 0.4) is 0 Å². The van der Waals surface area contributed by atoms with Gasteiger partial charge in [-0.2, -0.15) is 5.10 Å². The van der Waals surface area contributed by atoms with Crippen LogP contribution in [0.15, 0.2) is 36.5 Å². The zero-order valence-corrected chi connectivity index (χ0v) is 16.9. The molecule has 5 nitrogen and oxygen atoms in total. The third-order valence-corrected chi connectivity index (χ3v) is 5.94. The van der Waals surface area contributed by atoms with Crippen LogP contribution < -0.4 is 5.32 Å². The fourth-order valence-corrected chi connectivity index (χ4v) is 4.45.